The number of nitrogens with zero attached hydrogens (tertiary/aromatic N) is 2. The van der Waals surface area contributed by atoms with Crippen molar-refractivity contribution in [2.75, 3.05) is 4.90 Å². The third-order valence-corrected chi connectivity index (χ3v) is 13.6. The molecule has 0 fully saturated rings. The predicted octanol–water partition coefficient (Wildman–Crippen LogP) is 17.3. The molecule has 0 amide bonds. The van der Waals surface area contributed by atoms with Gasteiger partial charge in [-0.25, -0.2) is 0 Å². The van der Waals surface area contributed by atoms with E-state index in [9.17, 15) is 0 Å². The highest BCUT2D eigenvalue weighted by Crippen LogP contribution is 2.49. The molecule has 0 atom stereocenters. The zero-order valence-electron chi connectivity index (χ0n) is 34.4. The second-order valence-electron chi connectivity index (χ2n) is 16.0. The highest BCUT2D eigenvalue weighted by molar-refractivity contribution is 7.25. The van der Waals surface area contributed by atoms with Crippen molar-refractivity contribution in [2.45, 2.75) is 0 Å². The first-order valence-corrected chi connectivity index (χ1v) is 22.3. The first-order valence-electron chi connectivity index (χ1n) is 21.5. The van der Waals surface area contributed by atoms with Gasteiger partial charge in [0.1, 0.15) is 0 Å². The van der Waals surface area contributed by atoms with Crippen LogP contribution in [0.1, 0.15) is 0 Å². The molecule has 3 heteroatoms. The number of benzene rings is 10. The molecule has 0 saturated carbocycles. The average Bonchev–Trinajstić information content (AvgIpc) is 3.91. The van der Waals surface area contributed by atoms with Gasteiger partial charge in [-0.15, -0.1) is 11.3 Å². The Morgan fingerprint density at radius 3 is 1.65 bits per heavy atom. The van der Waals surface area contributed by atoms with Gasteiger partial charge in [-0.1, -0.05) is 176 Å². The summed E-state index contributed by atoms with van der Waals surface area (Å²) >= 11 is 1.85. The molecule has 0 radical (unpaired) electrons. The van der Waals surface area contributed by atoms with Crippen LogP contribution in [0.4, 0.5) is 17.1 Å². The number of anilines is 3. The lowest BCUT2D eigenvalue weighted by Gasteiger charge is -2.30. The van der Waals surface area contributed by atoms with Gasteiger partial charge in [-0.2, -0.15) is 0 Å². The molecule has 10 aromatic carbocycles. The molecule has 63 heavy (non-hydrogen) atoms. The molecule has 12 rings (SSSR count). The van der Waals surface area contributed by atoms with Crippen LogP contribution >= 0.6 is 11.3 Å². The molecular weight excluding hydrogens is 781 g/mol. The number of fused-ring (bicyclic) bond motifs is 6. The van der Waals surface area contributed by atoms with E-state index in [-0.39, 0.29) is 0 Å². The van der Waals surface area contributed by atoms with Crippen LogP contribution in [0.5, 0.6) is 0 Å². The molecule has 2 heterocycles. The number of hydrogen-bond acceptors (Lipinski definition) is 2. The molecule has 0 aliphatic rings. The minimum Gasteiger partial charge on any atom is -0.310 e. The highest BCUT2D eigenvalue weighted by Gasteiger charge is 2.24. The minimum absolute atomic E-state index is 1.08. The third kappa shape index (κ3) is 6.33. The first kappa shape index (κ1) is 36.8. The van der Waals surface area contributed by atoms with E-state index in [1.165, 1.54) is 86.5 Å². The Hall–Kier alpha value is -7.98. The molecule has 2 nitrogen and oxygen atoms in total. The fourth-order valence-corrected chi connectivity index (χ4v) is 10.7. The van der Waals surface area contributed by atoms with E-state index in [1.807, 2.05) is 11.3 Å². The largest absolute Gasteiger partial charge is 0.310 e. The van der Waals surface area contributed by atoms with Crippen LogP contribution in [0, 0.1) is 0 Å². The summed E-state index contributed by atoms with van der Waals surface area (Å²) in [6, 6.07) is 88.5. The number of rotatable bonds is 8. The Kier molecular flexibility index (Phi) is 9.06. The van der Waals surface area contributed by atoms with Crippen LogP contribution in [0.3, 0.4) is 0 Å². The second-order valence-corrected chi connectivity index (χ2v) is 17.1. The smallest absolute Gasteiger partial charge is 0.0547 e. The molecule has 0 unspecified atom stereocenters. The molecule has 2 aromatic heterocycles. The fraction of sp³-hybridized carbons (Fsp3) is 0. The van der Waals surface area contributed by atoms with Gasteiger partial charge in [0, 0.05) is 53.6 Å². The molecule has 0 aliphatic heterocycles. The quantitative estimate of drug-likeness (QED) is 0.148. The predicted molar refractivity (Wildman–Crippen MR) is 270 cm³/mol. The molecular formula is C60H40N2S. The van der Waals surface area contributed by atoms with Crippen molar-refractivity contribution in [1.29, 1.82) is 0 Å². The summed E-state index contributed by atoms with van der Waals surface area (Å²) in [6.07, 6.45) is 0. The normalized spacial score (nSPS) is 11.5. The molecule has 0 spiro atoms. The summed E-state index contributed by atoms with van der Waals surface area (Å²) in [5.74, 6) is 0. The zero-order chi connectivity index (χ0) is 41.7. The Bertz CT molecular complexity index is 3600. The lowest BCUT2D eigenvalue weighted by molar-refractivity contribution is 1.18. The maximum absolute atomic E-state index is 2.47. The standard InChI is InChI=1S/C60H40N2S/c1-4-18-41(19-5-1)47-24-10-11-26-51(47)59-48(42-20-6-2-7-21-42)28-16-31-55(59)61(46-38-39-58-53(40-46)50-25-13-15-33-57(50)63-58)45-36-34-43(35-37-45)49-29-17-32-56-60(49)52-27-12-14-30-54(52)62(56)44-22-8-3-9-23-44/h1-40H. The summed E-state index contributed by atoms with van der Waals surface area (Å²) in [6.45, 7) is 0. The summed E-state index contributed by atoms with van der Waals surface area (Å²) in [7, 11) is 0. The van der Waals surface area contributed by atoms with Gasteiger partial charge in [0.25, 0.3) is 0 Å². The Morgan fingerprint density at radius 2 is 0.873 bits per heavy atom. The molecule has 296 valence electrons. The van der Waals surface area contributed by atoms with Gasteiger partial charge in [-0.05, 0) is 106 Å². The molecule has 12 aromatic rings. The summed E-state index contributed by atoms with van der Waals surface area (Å²) in [5.41, 5.74) is 16.3. The SMILES string of the molecule is c1ccc(-c2ccccc2-c2c(-c3ccccc3)cccc2N(c2ccc(-c3cccc4c3c3ccccc3n4-c3ccccc3)cc2)c2ccc3sc4ccccc4c3c2)cc1. The molecule has 0 saturated heterocycles. The van der Waals surface area contributed by atoms with Crippen molar-refractivity contribution in [3.05, 3.63) is 243 Å². The maximum atomic E-state index is 2.47. The van der Waals surface area contributed by atoms with Gasteiger partial charge in [0.05, 0.1) is 16.7 Å². The van der Waals surface area contributed by atoms with Gasteiger partial charge in [0.2, 0.25) is 0 Å². The summed E-state index contributed by atoms with van der Waals surface area (Å²) in [5, 5.41) is 5.05. The van der Waals surface area contributed by atoms with Crippen LogP contribution in [0.25, 0.3) is 92.2 Å². The van der Waals surface area contributed by atoms with Crippen LogP contribution in [0.15, 0.2) is 243 Å². The van der Waals surface area contributed by atoms with Gasteiger partial charge in [0.15, 0.2) is 0 Å². The van der Waals surface area contributed by atoms with E-state index in [2.05, 4.69) is 252 Å². The Morgan fingerprint density at radius 1 is 0.333 bits per heavy atom. The summed E-state index contributed by atoms with van der Waals surface area (Å²) in [4.78, 5) is 2.47. The van der Waals surface area contributed by atoms with Gasteiger partial charge in [-0.3, -0.25) is 0 Å². The second kappa shape index (κ2) is 15.5. The van der Waals surface area contributed by atoms with E-state index < -0.39 is 0 Å². The van der Waals surface area contributed by atoms with Crippen LogP contribution < -0.4 is 4.90 Å². The van der Waals surface area contributed by atoms with Crippen LogP contribution in [0.2, 0.25) is 0 Å². The van der Waals surface area contributed by atoms with Crippen molar-refractivity contribution in [1.82, 2.24) is 4.57 Å². The van der Waals surface area contributed by atoms with Crippen LogP contribution in [-0.4, -0.2) is 4.57 Å². The maximum Gasteiger partial charge on any atom is 0.0547 e. The van der Waals surface area contributed by atoms with Gasteiger partial charge < -0.3 is 9.47 Å². The van der Waals surface area contributed by atoms with E-state index in [0.717, 1.165) is 22.7 Å². The monoisotopic (exact) mass is 820 g/mol. The number of para-hydroxylation sites is 2. The average molecular weight is 821 g/mol. The van der Waals surface area contributed by atoms with E-state index in [1.54, 1.807) is 0 Å². The van der Waals surface area contributed by atoms with Crippen molar-refractivity contribution >= 4 is 70.4 Å². The minimum atomic E-state index is 1.08. The van der Waals surface area contributed by atoms with Gasteiger partial charge >= 0.3 is 0 Å². The Balaban J connectivity index is 1.10. The Labute approximate surface area is 370 Å². The summed E-state index contributed by atoms with van der Waals surface area (Å²) < 4.78 is 4.97. The number of aromatic nitrogens is 1. The lowest BCUT2D eigenvalue weighted by Crippen LogP contribution is -2.12. The van der Waals surface area contributed by atoms with E-state index in [0.29, 0.717) is 0 Å². The molecule has 0 N–H and O–H groups in total. The van der Waals surface area contributed by atoms with Crippen LogP contribution in [-0.2, 0) is 0 Å². The third-order valence-electron chi connectivity index (χ3n) is 12.4. The topological polar surface area (TPSA) is 8.17 Å². The number of hydrogen-bond donors (Lipinski definition) is 0. The molecule has 0 aliphatic carbocycles. The lowest BCUT2D eigenvalue weighted by atomic mass is 9.87. The highest BCUT2D eigenvalue weighted by atomic mass is 32.1. The molecule has 0 bridgehead atoms. The van der Waals surface area contributed by atoms with Crippen molar-refractivity contribution in [3.8, 4) is 50.2 Å². The van der Waals surface area contributed by atoms with Crippen molar-refractivity contribution < 1.29 is 0 Å². The first-order chi connectivity index (χ1) is 31.3. The zero-order valence-corrected chi connectivity index (χ0v) is 35.2. The fourth-order valence-electron chi connectivity index (χ4n) is 9.62. The van der Waals surface area contributed by atoms with E-state index in [4.69, 9.17) is 0 Å². The number of thiophene rings is 1. The van der Waals surface area contributed by atoms with Crippen molar-refractivity contribution in [3.63, 3.8) is 0 Å². The van der Waals surface area contributed by atoms with E-state index >= 15 is 0 Å². The van der Waals surface area contributed by atoms with Crippen molar-refractivity contribution in [2.24, 2.45) is 0 Å².